The van der Waals surface area contributed by atoms with Crippen molar-refractivity contribution in [1.29, 1.82) is 0 Å². The third-order valence-corrected chi connectivity index (χ3v) is 2.26. The summed E-state index contributed by atoms with van der Waals surface area (Å²) in [4.78, 5) is 21.8. The number of nitrogens with two attached hydrogens (primary N) is 2. The van der Waals surface area contributed by atoms with Crippen LogP contribution in [0, 0.1) is 10.1 Å². The first kappa shape index (κ1) is 12.9. The molecule has 7 heteroatoms. The van der Waals surface area contributed by atoms with Crippen molar-refractivity contribution in [3.63, 3.8) is 0 Å². The summed E-state index contributed by atoms with van der Waals surface area (Å²) >= 11 is 0. The van der Waals surface area contributed by atoms with E-state index in [0.29, 0.717) is 0 Å². The zero-order valence-electron chi connectivity index (χ0n) is 9.34. The van der Waals surface area contributed by atoms with Crippen molar-refractivity contribution in [2.24, 2.45) is 5.73 Å². The molecule has 0 aromatic heterocycles. The van der Waals surface area contributed by atoms with Crippen LogP contribution < -0.4 is 16.8 Å². The molecule has 7 nitrogen and oxygen atoms in total. The lowest BCUT2D eigenvalue weighted by Crippen LogP contribution is -2.38. The first-order valence-corrected chi connectivity index (χ1v) is 5.01. The van der Waals surface area contributed by atoms with Crippen molar-refractivity contribution in [3.8, 4) is 0 Å². The highest BCUT2D eigenvalue weighted by Crippen LogP contribution is 2.24. The van der Waals surface area contributed by atoms with E-state index >= 15 is 0 Å². The van der Waals surface area contributed by atoms with E-state index in [0.717, 1.165) is 0 Å². The maximum atomic E-state index is 11.7. The zero-order valence-corrected chi connectivity index (χ0v) is 9.34. The molecule has 0 aliphatic carbocycles. The summed E-state index contributed by atoms with van der Waals surface area (Å²) in [6, 6.07) is 3.87. The van der Waals surface area contributed by atoms with Crippen molar-refractivity contribution in [1.82, 2.24) is 5.32 Å². The minimum Gasteiger partial charge on any atom is -0.393 e. The fraction of sp³-hybridized carbons (Fsp3) is 0.300. The number of hydrogen-bond donors (Lipinski definition) is 3. The van der Waals surface area contributed by atoms with E-state index in [-0.39, 0.29) is 29.5 Å². The number of nitro groups is 1. The third kappa shape index (κ3) is 2.91. The topological polar surface area (TPSA) is 124 Å². The van der Waals surface area contributed by atoms with Gasteiger partial charge in [0, 0.05) is 18.7 Å². The molecule has 0 spiro atoms. The first-order chi connectivity index (χ1) is 7.97. The Labute approximate surface area is 97.9 Å². The molecule has 5 N–H and O–H groups in total. The summed E-state index contributed by atoms with van der Waals surface area (Å²) in [6.07, 6.45) is 0. The molecular formula is C10H14N4O3. The Balaban J connectivity index is 3.02. The maximum Gasteiger partial charge on any atom is 0.292 e. The second-order valence-corrected chi connectivity index (χ2v) is 3.61. The Morgan fingerprint density at radius 3 is 2.76 bits per heavy atom. The lowest BCUT2D eigenvalue weighted by Gasteiger charge is -2.12. The maximum absolute atomic E-state index is 11.7. The highest BCUT2D eigenvalue weighted by molar-refractivity contribution is 6.01. The van der Waals surface area contributed by atoms with Gasteiger partial charge in [-0.1, -0.05) is 6.07 Å². The van der Waals surface area contributed by atoms with E-state index in [1.54, 1.807) is 6.92 Å². The van der Waals surface area contributed by atoms with Gasteiger partial charge in [0.25, 0.3) is 11.6 Å². The lowest BCUT2D eigenvalue weighted by molar-refractivity contribution is -0.383. The summed E-state index contributed by atoms with van der Waals surface area (Å²) < 4.78 is 0. The number of amides is 1. The molecule has 0 aliphatic rings. The van der Waals surface area contributed by atoms with Crippen LogP contribution >= 0.6 is 0 Å². The number of nitro benzene ring substituents is 1. The monoisotopic (exact) mass is 238 g/mol. The fourth-order valence-corrected chi connectivity index (χ4v) is 1.27. The molecule has 1 atom stereocenters. The highest BCUT2D eigenvalue weighted by Gasteiger charge is 2.19. The SMILES string of the molecule is C[C@@H](CN)NC(=O)c1cccc([N+](=O)[O-])c1N. The molecule has 0 bridgehead atoms. The normalized spacial score (nSPS) is 11.9. The lowest BCUT2D eigenvalue weighted by atomic mass is 10.1. The second-order valence-electron chi connectivity index (χ2n) is 3.61. The Bertz CT molecular complexity index is 447. The summed E-state index contributed by atoms with van der Waals surface area (Å²) in [5.74, 6) is -0.468. The molecule has 17 heavy (non-hydrogen) atoms. The molecule has 1 amide bonds. The van der Waals surface area contributed by atoms with Gasteiger partial charge in [0.05, 0.1) is 10.5 Å². The van der Waals surface area contributed by atoms with Crippen molar-refractivity contribution in [2.75, 3.05) is 12.3 Å². The molecule has 0 aliphatic heterocycles. The van der Waals surface area contributed by atoms with E-state index < -0.39 is 10.8 Å². The summed E-state index contributed by atoms with van der Waals surface area (Å²) in [5, 5.41) is 13.2. The first-order valence-electron chi connectivity index (χ1n) is 5.01. The second kappa shape index (κ2) is 5.26. The van der Waals surface area contributed by atoms with Crippen LogP contribution in [-0.2, 0) is 0 Å². The largest absolute Gasteiger partial charge is 0.393 e. The van der Waals surface area contributed by atoms with Crippen LogP contribution in [0.5, 0.6) is 0 Å². The average Bonchev–Trinajstić information content (AvgIpc) is 2.28. The quantitative estimate of drug-likeness (QED) is 0.394. The van der Waals surface area contributed by atoms with Gasteiger partial charge in [0.2, 0.25) is 0 Å². The number of carbonyl (C=O) groups is 1. The van der Waals surface area contributed by atoms with Crippen LogP contribution in [0.2, 0.25) is 0 Å². The van der Waals surface area contributed by atoms with Gasteiger partial charge >= 0.3 is 0 Å². The number of hydrogen-bond acceptors (Lipinski definition) is 5. The van der Waals surface area contributed by atoms with E-state index in [1.807, 2.05) is 0 Å². The van der Waals surface area contributed by atoms with Gasteiger partial charge in [0.15, 0.2) is 0 Å². The van der Waals surface area contributed by atoms with Crippen LogP contribution in [0.25, 0.3) is 0 Å². The van der Waals surface area contributed by atoms with Crippen LogP contribution in [0.15, 0.2) is 18.2 Å². The van der Waals surface area contributed by atoms with Crippen LogP contribution in [0.4, 0.5) is 11.4 Å². The number of nitrogens with one attached hydrogen (secondary N) is 1. The predicted molar refractivity (Wildman–Crippen MR) is 63.5 cm³/mol. The van der Waals surface area contributed by atoms with Crippen LogP contribution in [0.1, 0.15) is 17.3 Å². The Morgan fingerprint density at radius 2 is 2.24 bits per heavy atom. The van der Waals surface area contributed by atoms with E-state index in [1.165, 1.54) is 18.2 Å². The molecule has 92 valence electrons. The molecule has 0 unspecified atom stereocenters. The summed E-state index contributed by atoms with van der Waals surface area (Å²) in [5.41, 5.74) is 10.6. The number of carbonyl (C=O) groups excluding carboxylic acids is 1. The molecule has 1 rings (SSSR count). The van der Waals surface area contributed by atoms with Gasteiger partial charge in [0.1, 0.15) is 5.69 Å². The standard InChI is InChI=1S/C10H14N4O3/c1-6(5-11)13-10(15)7-3-2-4-8(9(7)12)14(16)17/h2-4,6H,5,11-12H2,1H3,(H,13,15)/t6-/m0/s1. The van der Waals surface area contributed by atoms with Crippen molar-refractivity contribution in [2.45, 2.75) is 13.0 Å². The average molecular weight is 238 g/mol. The molecule has 0 saturated heterocycles. The minimum atomic E-state index is -0.627. The molecule has 1 aromatic rings. The number of rotatable bonds is 4. The number of benzene rings is 1. The molecule has 1 aromatic carbocycles. The Kier molecular flexibility index (Phi) is 4.00. The summed E-state index contributed by atoms with van der Waals surface area (Å²) in [7, 11) is 0. The van der Waals surface area contributed by atoms with Gasteiger partial charge in [-0.2, -0.15) is 0 Å². The Morgan fingerprint density at radius 1 is 1.59 bits per heavy atom. The van der Waals surface area contributed by atoms with Crippen LogP contribution in [0.3, 0.4) is 0 Å². The molecule has 0 fully saturated rings. The third-order valence-electron chi connectivity index (χ3n) is 2.26. The van der Waals surface area contributed by atoms with Gasteiger partial charge in [-0.3, -0.25) is 14.9 Å². The van der Waals surface area contributed by atoms with E-state index in [9.17, 15) is 14.9 Å². The number of para-hydroxylation sites is 1. The molecule has 0 heterocycles. The number of nitrogen functional groups attached to an aromatic ring is 1. The number of nitrogens with zero attached hydrogens (tertiary/aromatic N) is 1. The summed E-state index contributed by atoms with van der Waals surface area (Å²) in [6.45, 7) is 2.01. The van der Waals surface area contributed by atoms with Crippen molar-refractivity contribution in [3.05, 3.63) is 33.9 Å². The molecular weight excluding hydrogens is 224 g/mol. The van der Waals surface area contributed by atoms with Gasteiger partial charge < -0.3 is 16.8 Å². The predicted octanol–water partition coefficient (Wildman–Crippen LogP) is 0.254. The highest BCUT2D eigenvalue weighted by atomic mass is 16.6. The minimum absolute atomic E-state index is 0.0829. The smallest absolute Gasteiger partial charge is 0.292 e. The van der Waals surface area contributed by atoms with E-state index in [2.05, 4.69) is 5.32 Å². The Hall–Kier alpha value is -2.15. The fourth-order valence-electron chi connectivity index (χ4n) is 1.27. The van der Waals surface area contributed by atoms with E-state index in [4.69, 9.17) is 11.5 Å². The molecule has 0 radical (unpaired) electrons. The van der Waals surface area contributed by atoms with Gasteiger partial charge in [-0.15, -0.1) is 0 Å². The van der Waals surface area contributed by atoms with Crippen molar-refractivity contribution < 1.29 is 9.72 Å². The molecule has 0 saturated carbocycles. The van der Waals surface area contributed by atoms with Gasteiger partial charge in [-0.05, 0) is 13.0 Å². The van der Waals surface area contributed by atoms with Gasteiger partial charge in [-0.25, -0.2) is 0 Å². The number of anilines is 1. The van der Waals surface area contributed by atoms with Crippen LogP contribution in [-0.4, -0.2) is 23.4 Å². The zero-order chi connectivity index (χ0) is 13.0. The van der Waals surface area contributed by atoms with Crippen molar-refractivity contribution >= 4 is 17.3 Å².